The lowest BCUT2D eigenvalue weighted by Gasteiger charge is -2.33. The van der Waals surface area contributed by atoms with E-state index in [2.05, 4.69) is 5.32 Å². The summed E-state index contributed by atoms with van der Waals surface area (Å²) in [5.41, 5.74) is 0.421. The minimum atomic E-state index is -3.26. The molecule has 0 radical (unpaired) electrons. The number of anilines is 1. The minimum absolute atomic E-state index is 0.0348. The molecule has 1 aromatic carbocycles. The molecule has 1 aliphatic heterocycles. The molecule has 0 aliphatic carbocycles. The van der Waals surface area contributed by atoms with Crippen molar-refractivity contribution in [3.63, 3.8) is 0 Å². The lowest BCUT2D eigenvalue weighted by atomic mass is 10.2. The summed E-state index contributed by atoms with van der Waals surface area (Å²) in [4.78, 5) is 26.1. The molecule has 0 bridgehead atoms. The number of hydrogen-bond donors (Lipinski definition) is 1. The number of rotatable bonds is 4. The van der Waals surface area contributed by atoms with Crippen LogP contribution >= 0.6 is 23.2 Å². The summed E-state index contributed by atoms with van der Waals surface area (Å²) in [6.45, 7) is 2.66. The van der Waals surface area contributed by atoms with E-state index in [1.54, 1.807) is 25.3 Å². The number of carbonyl (C=O) groups excluding carboxylic acids is 1. The quantitative estimate of drug-likeness (QED) is 0.761. The highest BCUT2D eigenvalue weighted by atomic mass is 35.5. The van der Waals surface area contributed by atoms with E-state index < -0.39 is 10.0 Å². The fraction of sp³-hybridized carbons (Fsp3) is 0.333. The lowest BCUT2D eigenvalue weighted by molar-refractivity contribution is 0.184. The van der Waals surface area contributed by atoms with E-state index in [-0.39, 0.29) is 53.6 Å². The number of nitrogens with zero attached hydrogens (tertiary/aromatic N) is 3. The molecule has 0 atom stereocenters. The van der Waals surface area contributed by atoms with Gasteiger partial charge < -0.3 is 10.2 Å². The molecule has 0 spiro atoms. The van der Waals surface area contributed by atoms with E-state index in [0.717, 1.165) is 0 Å². The first-order valence-electron chi connectivity index (χ1n) is 8.94. The first-order valence-corrected chi connectivity index (χ1v) is 11.3. The Labute approximate surface area is 178 Å². The summed E-state index contributed by atoms with van der Waals surface area (Å²) < 4.78 is 26.6. The predicted octanol–water partition coefficient (Wildman–Crippen LogP) is 2.64. The van der Waals surface area contributed by atoms with E-state index in [9.17, 15) is 18.0 Å². The summed E-state index contributed by atoms with van der Waals surface area (Å²) >= 11 is 12.6. The van der Waals surface area contributed by atoms with Crippen LogP contribution in [0, 0.1) is 0 Å². The lowest BCUT2D eigenvalue weighted by Crippen LogP contribution is -2.51. The summed E-state index contributed by atoms with van der Waals surface area (Å²) in [6.07, 6.45) is 1.55. The van der Waals surface area contributed by atoms with E-state index in [1.807, 2.05) is 0 Å². The van der Waals surface area contributed by atoms with Gasteiger partial charge >= 0.3 is 6.03 Å². The molecule has 1 N–H and O–H groups in total. The van der Waals surface area contributed by atoms with Crippen molar-refractivity contribution < 1.29 is 13.2 Å². The highest BCUT2D eigenvalue weighted by Gasteiger charge is 2.27. The van der Waals surface area contributed by atoms with Crippen molar-refractivity contribution in [2.24, 2.45) is 0 Å². The molecule has 1 saturated heterocycles. The minimum Gasteiger partial charge on any atom is -0.322 e. The van der Waals surface area contributed by atoms with Crippen LogP contribution in [-0.2, 0) is 10.0 Å². The van der Waals surface area contributed by atoms with Gasteiger partial charge in [0.2, 0.25) is 10.0 Å². The number of halogens is 2. The van der Waals surface area contributed by atoms with Crippen molar-refractivity contribution in [3.8, 4) is 5.69 Å². The molecule has 2 aromatic rings. The highest BCUT2D eigenvalue weighted by molar-refractivity contribution is 7.89. The topological polar surface area (TPSA) is 91.7 Å². The predicted molar refractivity (Wildman–Crippen MR) is 114 cm³/mol. The third-order valence-electron chi connectivity index (χ3n) is 4.62. The third kappa shape index (κ3) is 4.75. The van der Waals surface area contributed by atoms with Gasteiger partial charge in [0, 0.05) is 44.1 Å². The van der Waals surface area contributed by atoms with Gasteiger partial charge in [-0.25, -0.2) is 13.2 Å². The largest absolute Gasteiger partial charge is 0.322 e. The number of benzene rings is 1. The Morgan fingerprint density at radius 3 is 2.28 bits per heavy atom. The SMILES string of the molecule is CCS(=O)(=O)N1CCN(C(=O)Nc2cc(Cl)c(-n3ccccc3=O)c(Cl)c2)CC1. The fourth-order valence-corrected chi connectivity index (χ4v) is 4.79. The zero-order valence-electron chi connectivity index (χ0n) is 15.6. The van der Waals surface area contributed by atoms with Gasteiger partial charge in [0.05, 0.1) is 21.5 Å². The number of aromatic nitrogens is 1. The zero-order valence-corrected chi connectivity index (χ0v) is 18.0. The van der Waals surface area contributed by atoms with Gasteiger partial charge in [0.15, 0.2) is 0 Å². The van der Waals surface area contributed by atoms with Gasteiger partial charge in [-0.2, -0.15) is 4.31 Å². The number of pyridine rings is 1. The van der Waals surface area contributed by atoms with Crippen molar-refractivity contribution >= 4 is 44.9 Å². The Morgan fingerprint density at radius 2 is 1.72 bits per heavy atom. The van der Waals surface area contributed by atoms with Gasteiger partial charge in [-0.3, -0.25) is 9.36 Å². The van der Waals surface area contributed by atoms with Crippen LogP contribution in [0.5, 0.6) is 0 Å². The van der Waals surface area contributed by atoms with Crippen molar-refractivity contribution in [2.75, 3.05) is 37.2 Å². The standard InChI is InChI=1S/C18H20Cl2N4O4S/c1-2-29(27,28)23-9-7-22(8-10-23)18(26)21-13-11-14(19)17(15(20)12-13)24-6-4-3-5-16(24)25/h3-6,11-12H,2,7-10H2,1H3,(H,21,26). The highest BCUT2D eigenvalue weighted by Crippen LogP contribution is 2.31. The van der Waals surface area contributed by atoms with Crippen LogP contribution in [0.3, 0.4) is 0 Å². The van der Waals surface area contributed by atoms with E-state index in [4.69, 9.17) is 23.2 Å². The molecule has 2 heterocycles. The van der Waals surface area contributed by atoms with Crippen LogP contribution in [-0.4, -0.2) is 60.2 Å². The number of amides is 2. The Hall–Kier alpha value is -2.07. The van der Waals surface area contributed by atoms with Gasteiger partial charge in [-0.1, -0.05) is 29.3 Å². The number of urea groups is 1. The molecule has 1 aromatic heterocycles. The van der Waals surface area contributed by atoms with Gasteiger partial charge in [0.1, 0.15) is 0 Å². The van der Waals surface area contributed by atoms with Gasteiger partial charge in [0.25, 0.3) is 5.56 Å². The average Bonchev–Trinajstić information content (AvgIpc) is 2.69. The summed E-state index contributed by atoms with van der Waals surface area (Å²) in [6, 6.07) is 7.33. The normalized spacial score (nSPS) is 15.3. The molecule has 1 aliphatic rings. The van der Waals surface area contributed by atoms with E-state index in [1.165, 1.54) is 32.0 Å². The van der Waals surface area contributed by atoms with Crippen LogP contribution in [0.1, 0.15) is 6.92 Å². The number of sulfonamides is 1. The van der Waals surface area contributed by atoms with Crippen LogP contribution in [0.25, 0.3) is 5.69 Å². The molecular formula is C18H20Cl2N4O4S. The molecular weight excluding hydrogens is 439 g/mol. The smallest absolute Gasteiger partial charge is 0.321 e. The maximum atomic E-state index is 12.5. The molecule has 2 amide bonds. The van der Waals surface area contributed by atoms with Crippen molar-refractivity contribution in [3.05, 3.63) is 56.9 Å². The van der Waals surface area contributed by atoms with Crippen molar-refractivity contribution in [1.29, 1.82) is 0 Å². The van der Waals surface area contributed by atoms with Crippen LogP contribution in [0.15, 0.2) is 41.3 Å². The molecule has 3 rings (SSSR count). The zero-order chi connectivity index (χ0) is 21.2. The monoisotopic (exact) mass is 458 g/mol. The van der Waals surface area contributed by atoms with Crippen LogP contribution in [0.4, 0.5) is 10.5 Å². The molecule has 11 heteroatoms. The Kier molecular flexibility index (Phi) is 6.52. The van der Waals surface area contributed by atoms with Crippen LogP contribution < -0.4 is 10.9 Å². The third-order valence-corrected chi connectivity index (χ3v) is 7.07. The number of piperazine rings is 1. The summed E-state index contributed by atoms with van der Waals surface area (Å²) in [5, 5.41) is 3.13. The Morgan fingerprint density at radius 1 is 1.10 bits per heavy atom. The van der Waals surface area contributed by atoms with Crippen LogP contribution in [0.2, 0.25) is 10.0 Å². The summed E-state index contributed by atoms with van der Waals surface area (Å²) in [7, 11) is -3.26. The average molecular weight is 459 g/mol. The van der Waals surface area contributed by atoms with Gasteiger partial charge in [-0.05, 0) is 25.1 Å². The Balaban J connectivity index is 1.72. The molecule has 0 unspecified atom stereocenters. The fourth-order valence-electron chi connectivity index (χ4n) is 3.03. The Bertz CT molecular complexity index is 1060. The first kappa shape index (κ1) is 21.6. The molecule has 29 heavy (non-hydrogen) atoms. The molecule has 1 fully saturated rings. The van der Waals surface area contributed by atoms with E-state index in [0.29, 0.717) is 11.4 Å². The second kappa shape index (κ2) is 8.74. The molecule has 156 valence electrons. The maximum absolute atomic E-state index is 12.5. The van der Waals surface area contributed by atoms with E-state index >= 15 is 0 Å². The first-order chi connectivity index (χ1) is 13.7. The number of nitrogens with one attached hydrogen (secondary N) is 1. The summed E-state index contributed by atoms with van der Waals surface area (Å²) in [5.74, 6) is 0.0348. The second-order valence-corrected chi connectivity index (χ2v) is 9.49. The van der Waals surface area contributed by atoms with Crippen molar-refractivity contribution in [2.45, 2.75) is 6.92 Å². The number of hydrogen-bond acceptors (Lipinski definition) is 4. The molecule has 0 saturated carbocycles. The number of carbonyl (C=O) groups is 1. The second-order valence-electron chi connectivity index (χ2n) is 6.41. The van der Waals surface area contributed by atoms with Gasteiger partial charge in [-0.15, -0.1) is 0 Å². The maximum Gasteiger partial charge on any atom is 0.321 e. The van der Waals surface area contributed by atoms with Crippen molar-refractivity contribution in [1.82, 2.24) is 13.8 Å². The molecule has 8 nitrogen and oxygen atoms in total.